The second-order valence-corrected chi connectivity index (χ2v) is 5.18. The molecule has 2 heterocycles. The average molecular weight is 313 g/mol. The molecule has 5 nitrogen and oxygen atoms in total. The van der Waals surface area contributed by atoms with Gasteiger partial charge in [0.05, 0.1) is 13.2 Å². The summed E-state index contributed by atoms with van der Waals surface area (Å²) in [5.41, 5.74) is 2.34. The predicted molar refractivity (Wildman–Crippen MR) is 82.0 cm³/mol. The lowest BCUT2D eigenvalue weighted by atomic mass is 10.0. The number of rotatable bonds is 3. The largest absolute Gasteiger partial charge is 0.493 e. The fourth-order valence-electron chi connectivity index (χ4n) is 2.56. The molecule has 6 heteroatoms. The van der Waals surface area contributed by atoms with Gasteiger partial charge in [-0.3, -0.25) is 4.79 Å². The van der Waals surface area contributed by atoms with E-state index >= 15 is 0 Å². The molecule has 1 fully saturated rings. The van der Waals surface area contributed by atoms with E-state index < -0.39 is 0 Å². The van der Waals surface area contributed by atoms with Crippen LogP contribution in [-0.4, -0.2) is 38.3 Å². The minimum Gasteiger partial charge on any atom is -0.493 e. The Bertz CT molecular complexity index is 490. The van der Waals surface area contributed by atoms with Gasteiger partial charge in [-0.25, -0.2) is 0 Å². The van der Waals surface area contributed by atoms with Crippen molar-refractivity contribution in [3.8, 4) is 5.75 Å². The number of amides is 1. The van der Waals surface area contributed by atoms with Crippen molar-refractivity contribution < 1.29 is 14.3 Å². The first-order valence-corrected chi connectivity index (χ1v) is 7.17. The van der Waals surface area contributed by atoms with Crippen molar-refractivity contribution in [2.75, 3.05) is 26.3 Å². The molecule has 0 bridgehead atoms. The van der Waals surface area contributed by atoms with Crippen molar-refractivity contribution in [2.45, 2.75) is 25.5 Å². The molecule has 21 heavy (non-hydrogen) atoms. The minimum absolute atomic E-state index is 0. The van der Waals surface area contributed by atoms with Gasteiger partial charge in [-0.1, -0.05) is 12.1 Å². The molecule has 2 aliphatic heterocycles. The Kier molecular flexibility index (Phi) is 5.85. The Hall–Kier alpha value is -1.30. The van der Waals surface area contributed by atoms with Gasteiger partial charge in [-0.15, -0.1) is 12.4 Å². The first-order chi connectivity index (χ1) is 9.83. The van der Waals surface area contributed by atoms with Crippen LogP contribution in [0.1, 0.15) is 17.5 Å². The van der Waals surface area contributed by atoms with Gasteiger partial charge in [0.1, 0.15) is 11.9 Å². The molecule has 1 aromatic carbocycles. The van der Waals surface area contributed by atoms with E-state index in [2.05, 4.69) is 16.7 Å². The zero-order chi connectivity index (χ0) is 13.8. The molecular weight excluding hydrogens is 292 g/mol. The standard InChI is InChI=1S/C15H20N2O3.ClH/c18-15(14-10-16-5-7-20-14)17-9-11-3-4-13-12(8-11)2-1-6-19-13;/h3-4,8,14,16H,1-2,5-7,9-10H2,(H,17,18);1H. The average Bonchev–Trinajstić information content (AvgIpc) is 2.53. The lowest BCUT2D eigenvalue weighted by molar-refractivity contribution is -0.134. The lowest BCUT2D eigenvalue weighted by Gasteiger charge is -2.23. The number of morpholine rings is 1. The number of carbonyl (C=O) groups excluding carboxylic acids is 1. The van der Waals surface area contributed by atoms with Crippen LogP contribution in [0.15, 0.2) is 18.2 Å². The van der Waals surface area contributed by atoms with Crippen molar-refractivity contribution in [1.82, 2.24) is 10.6 Å². The van der Waals surface area contributed by atoms with Gasteiger partial charge in [0, 0.05) is 19.6 Å². The summed E-state index contributed by atoms with van der Waals surface area (Å²) in [5, 5.41) is 6.08. The van der Waals surface area contributed by atoms with E-state index in [-0.39, 0.29) is 24.4 Å². The highest BCUT2D eigenvalue weighted by Crippen LogP contribution is 2.25. The minimum atomic E-state index is -0.371. The van der Waals surface area contributed by atoms with Crippen LogP contribution >= 0.6 is 12.4 Å². The van der Waals surface area contributed by atoms with Crippen LogP contribution in [0, 0.1) is 0 Å². The second kappa shape index (κ2) is 7.64. The first-order valence-electron chi connectivity index (χ1n) is 7.17. The molecule has 1 aromatic rings. The maximum Gasteiger partial charge on any atom is 0.250 e. The molecular formula is C15H21ClN2O3. The maximum absolute atomic E-state index is 12.0. The van der Waals surface area contributed by atoms with Gasteiger partial charge in [0.25, 0.3) is 5.91 Å². The van der Waals surface area contributed by atoms with Crippen LogP contribution in [0.4, 0.5) is 0 Å². The van der Waals surface area contributed by atoms with Gasteiger partial charge in [0.2, 0.25) is 0 Å². The highest BCUT2D eigenvalue weighted by Gasteiger charge is 2.21. The molecule has 1 atom stereocenters. The predicted octanol–water partition coefficient (Wildman–Crippen LogP) is 1.04. The molecule has 0 spiro atoms. The Labute approximate surface area is 130 Å². The Morgan fingerprint density at radius 1 is 1.38 bits per heavy atom. The Morgan fingerprint density at radius 2 is 2.29 bits per heavy atom. The van der Waals surface area contributed by atoms with Crippen LogP contribution in [0.2, 0.25) is 0 Å². The number of halogens is 1. The molecule has 3 rings (SSSR count). The van der Waals surface area contributed by atoms with Crippen molar-refractivity contribution in [3.05, 3.63) is 29.3 Å². The Morgan fingerprint density at radius 3 is 3.10 bits per heavy atom. The van der Waals surface area contributed by atoms with Gasteiger partial charge in [-0.05, 0) is 30.0 Å². The number of hydrogen-bond acceptors (Lipinski definition) is 4. The van der Waals surface area contributed by atoms with Crippen molar-refractivity contribution in [3.63, 3.8) is 0 Å². The third-order valence-electron chi connectivity index (χ3n) is 3.66. The lowest BCUT2D eigenvalue weighted by Crippen LogP contribution is -2.47. The van der Waals surface area contributed by atoms with E-state index in [0.717, 1.165) is 37.3 Å². The van der Waals surface area contributed by atoms with Crippen LogP contribution in [0.25, 0.3) is 0 Å². The summed E-state index contributed by atoms with van der Waals surface area (Å²) >= 11 is 0. The molecule has 1 amide bonds. The van der Waals surface area contributed by atoms with Crippen LogP contribution in [0.5, 0.6) is 5.75 Å². The summed E-state index contributed by atoms with van der Waals surface area (Å²) in [7, 11) is 0. The summed E-state index contributed by atoms with van der Waals surface area (Å²) < 4.78 is 11.0. The zero-order valence-corrected chi connectivity index (χ0v) is 12.7. The second-order valence-electron chi connectivity index (χ2n) is 5.18. The highest BCUT2D eigenvalue weighted by molar-refractivity contribution is 5.85. The number of aryl methyl sites for hydroxylation is 1. The number of nitrogens with one attached hydrogen (secondary N) is 2. The van der Waals surface area contributed by atoms with Gasteiger partial charge >= 0.3 is 0 Å². The molecule has 1 unspecified atom stereocenters. The van der Waals surface area contributed by atoms with E-state index in [1.165, 1.54) is 5.56 Å². The smallest absolute Gasteiger partial charge is 0.250 e. The summed E-state index contributed by atoms with van der Waals surface area (Å²) in [5.74, 6) is 0.928. The number of carbonyl (C=O) groups is 1. The van der Waals surface area contributed by atoms with Crippen molar-refractivity contribution in [2.24, 2.45) is 0 Å². The summed E-state index contributed by atoms with van der Waals surface area (Å²) in [4.78, 5) is 12.0. The number of benzene rings is 1. The zero-order valence-electron chi connectivity index (χ0n) is 11.9. The molecule has 0 aliphatic carbocycles. The van der Waals surface area contributed by atoms with E-state index in [9.17, 15) is 4.79 Å². The molecule has 2 N–H and O–H groups in total. The van der Waals surface area contributed by atoms with E-state index in [0.29, 0.717) is 19.7 Å². The number of fused-ring (bicyclic) bond motifs is 1. The molecule has 0 saturated carbocycles. The van der Waals surface area contributed by atoms with Gasteiger partial charge < -0.3 is 20.1 Å². The molecule has 0 aromatic heterocycles. The topological polar surface area (TPSA) is 59.6 Å². The van der Waals surface area contributed by atoms with Crippen molar-refractivity contribution >= 4 is 18.3 Å². The van der Waals surface area contributed by atoms with Crippen LogP contribution < -0.4 is 15.4 Å². The molecule has 2 aliphatic rings. The molecule has 1 saturated heterocycles. The Balaban J connectivity index is 0.00000161. The SMILES string of the molecule is Cl.O=C(NCc1ccc2c(c1)CCCO2)C1CNCCO1. The highest BCUT2D eigenvalue weighted by atomic mass is 35.5. The number of hydrogen-bond donors (Lipinski definition) is 2. The van der Waals surface area contributed by atoms with Crippen molar-refractivity contribution in [1.29, 1.82) is 0 Å². The monoisotopic (exact) mass is 312 g/mol. The van der Waals surface area contributed by atoms with Gasteiger partial charge in [0.15, 0.2) is 0 Å². The fraction of sp³-hybridized carbons (Fsp3) is 0.533. The van der Waals surface area contributed by atoms with E-state index in [4.69, 9.17) is 9.47 Å². The van der Waals surface area contributed by atoms with Crippen LogP contribution in [0.3, 0.4) is 0 Å². The van der Waals surface area contributed by atoms with E-state index in [1.807, 2.05) is 12.1 Å². The molecule has 0 radical (unpaired) electrons. The quantitative estimate of drug-likeness (QED) is 0.875. The fourth-order valence-corrected chi connectivity index (χ4v) is 2.56. The first kappa shape index (κ1) is 16.1. The third-order valence-corrected chi connectivity index (χ3v) is 3.66. The van der Waals surface area contributed by atoms with Crippen LogP contribution in [-0.2, 0) is 22.5 Å². The molecule has 116 valence electrons. The normalized spacial score (nSPS) is 20.7. The third kappa shape index (κ3) is 4.09. The summed E-state index contributed by atoms with van der Waals surface area (Å²) in [6.45, 7) is 3.33. The maximum atomic E-state index is 12.0. The summed E-state index contributed by atoms with van der Waals surface area (Å²) in [6, 6.07) is 6.12. The van der Waals surface area contributed by atoms with E-state index in [1.54, 1.807) is 0 Å². The van der Waals surface area contributed by atoms with Gasteiger partial charge in [-0.2, -0.15) is 0 Å². The number of ether oxygens (including phenoxy) is 2. The summed E-state index contributed by atoms with van der Waals surface area (Å²) in [6.07, 6.45) is 1.74.